The van der Waals surface area contributed by atoms with Gasteiger partial charge in [-0.2, -0.15) is 5.10 Å². The van der Waals surface area contributed by atoms with E-state index in [9.17, 15) is 4.79 Å². The lowest BCUT2D eigenvalue weighted by Gasteiger charge is -2.05. The standard InChI is InChI=1S/C14H19N5O2/c1-3-15-11-4-5-16-13(8-11)14(20)18-12-9-17-19(10-12)6-7-21-2/h4-5,8-10H,3,6-7H2,1-2H3,(H,15,16)(H,18,20). The van der Waals surface area contributed by atoms with E-state index in [-0.39, 0.29) is 5.91 Å². The topological polar surface area (TPSA) is 81.1 Å². The van der Waals surface area contributed by atoms with E-state index in [2.05, 4.69) is 20.7 Å². The molecule has 0 aliphatic carbocycles. The van der Waals surface area contributed by atoms with Crippen molar-refractivity contribution >= 4 is 17.3 Å². The number of methoxy groups -OCH3 is 1. The Balaban J connectivity index is 2.00. The highest BCUT2D eigenvalue weighted by Crippen LogP contribution is 2.11. The van der Waals surface area contributed by atoms with Crippen molar-refractivity contribution in [3.05, 3.63) is 36.4 Å². The van der Waals surface area contributed by atoms with Crippen LogP contribution in [0, 0.1) is 0 Å². The molecule has 0 atom stereocenters. The van der Waals surface area contributed by atoms with Gasteiger partial charge in [-0.15, -0.1) is 0 Å². The van der Waals surface area contributed by atoms with Gasteiger partial charge in [-0.05, 0) is 19.1 Å². The van der Waals surface area contributed by atoms with Gasteiger partial charge in [-0.3, -0.25) is 14.5 Å². The molecule has 7 nitrogen and oxygen atoms in total. The van der Waals surface area contributed by atoms with Crippen LogP contribution in [-0.2, 0) is 11.3 Å². The van der Waals surface area contributed by atoms with Gasteiger partial charge in [0.25, 0.3) is 5.91 Å². The third-order valence-electron chi connectivity index (χ3n) is 2.79. The Morgan fingerprint density at radius 3 is 3.05 bits per heavy atom. The second-order valence-electron chi connectivity index (χ2n) is 4.40. The first-order chi connectivity index (χ1) is 10.2. The molecular formula is C14H19N5O2. The molecule has 2 N–H and O–H groups in total. The molecule has 7 heteroatoms. The van der Waals surface area contributed by atoms with Crippen LogP contribution in [-0.4, -0.2) is 40.9 Å². The number of carbonyl (C=O) groups is 1. The maximum atomic E-state index is 12.1. The number of pyridine rings is 1. The van der Waals surface area contributed by atoms with Crippen molar-refractivity contribution < 1.29 is 9.53 Å². The Hall–Kier alpha value is -2.41. The van der Waals surface area contributed by atoms with Gasteiger partial charge in [0, 0.05) is 31.7 Å². The molecule has 2 aromatic rings. The van der Waals surface area contributed by atoms with Gasteiger partial charge in [0.1, 0.15) is 5.69 Å². The first-order valence-electron chi connectivity index (χ1n) is 6.75. The molecule has 0 aliphatic rings. The molecule has 0 fully saturated rings. The van der Waals surface area contributed by atoms with E-state index in [0.29, 0.717) is 24.5 Å². The number of carbonyl (C=O) groups excluding carboxylic acids is 1. The van der Waals surface area contributed by atoms with Crippen LogP contribution in [0.5, 0.6) is 0 Å². The molecular weight excluding hydrogens is 270 g/mol. The first-order valence-corrected chi connectivity index (χ1v) is 6.75. The monoisotopic (exact) mass is 289 g/mol. The predicted molar refractivity (Wildman–Crippen MR) is 80.5 cm³/mol. The van der Waals surface area contributed by atoms with Gasteiger partial charge in [0.05, 0.1) is 25.0 Å². The summed E-state index contributed by atoms with van der Waals surface area (Å²) in [7, 11) is 1.63. The Morgan fingerprint density at radius 2 is 2.29 bits per heavy atom. The zero-order valence-electron chi connectivity index (χ0n) is 12.2. The van der Waals surface area contributed by atoms with Gasteiger partial charge in [0.2, 0.25) is 0 Å². The second-order valence-corrected chi connectivity index (χ2v) is 4.40. The summed E-state index contributed by atoms with van der Waals surface area (Å²) in [6.07, 6.45) is 4.96. The fourth-order valence-electron chi connectivity index (χ4n) is 1.80. The highest BCUT2D eigenvalue weighted by molar-refractivity contribution is 6.03. The molecule has 0 spiro atoms. The van der Waals surface area contributed by atoms with E-state index >= 15 is 0 Å². The zero-order chi connectivity index (χ0) is 15.1. The van der Waals surface area contributed by atoms with Crippen LogP contribution >= 0.6 is 0 Å². The van der Waals surface area contributed by atoms with Crippen molar-refractivity contribution in [2.24, 2.45) is 0 Å². The molecule has 0 aromatic carbocycles. The Kier molecular flexibility index (Phi) is 5.28. The number of nitrogens with zero attached hydrogens (tertiary/aromatic N) is 3. The highest BCUT2D eigenvalue weighted by atomic mass is 16.5. The molecule has 0 bridgehead atoms. The number of rotatable bonds is 7. The maximum absolute atomic E-state index is 12.1. The molecule has 112 valence electrons. The minimum Gasteiger partial charge on any atom is -0.385 e. The average Bonchev–Trinajstić information content (AvgIpc) is 2.93. The van der Waals surface area contributed by atoms with E-state index in [0.717, 1.165) is 12.2 Å². The molecule has 2 heterocycles. The normalized spacial score (nSPS) is 10.4. The summed E-state index contributed by atoms with van der Waals surface area (Å²) in [5, 5.41) is 10.1. The number of ether oxygens (including phenoxy) is 1. The van der Waals surface area contributed by atoms with Crippen molar-refractivity contribution in [3.63, 3.8) is 0 Å². The van der Waals surface area contributed by atoms with Crippen molar-refractivity contribution in [1.82, 2.24) is 14.8 Å². The fraction of sp³-hybridized carbons (Fsp3) is 0.357. The second kappa shape index (κ2) is 7.39. The third-order valence-corrected chi connectivity index (χ3v) is 2.79. The van der Waals surface area contributed by atoms with Crippen LogP contribution in [0.4, 0.5) is 11.4 Å². The number of anilines is 2. The summed E-state index contributed by atoms with van der Waals surface area (Å²) >= 11 is 0. The molecule has 0 unspecified atom stereocenters. The Morgan fingerprint density at radius 1 is 1.43 bits per heavy atom. The number of hydrogen-bond donors (Lipinski definition) is 2. The zero-order valence-corrected chi connectivity index (χ0v) is 12.2. The van der Waals surface area contributed by atoms with E-state index in [4.69, 9.17) is 4.74 Å². The molecule has 2 rings (SSSR count). The van der Waals surface area contributed by atoms with Crippen LogP contribution in [0.15, 0.2) is 30.7 Å². The number of nitrogens with one attached hydrogen (secondary N) is 2. The molecule has 21 heavy (non-hydrogen) atoms. The lowest BCUT2D eigenvalue weighted by atomic mass is 10.3. The summed E-state index contributed by atoms with van der Waals surface area (Å²) in [4.78, 5) is 16.2. The molecule has 0 saturated carbocycles. The summed E-state index contributed by atoms with van der Waals surface area (Å²) in [6.45, 7) is 3.99. The minimum absolute atomic E-state index is 0.263. The van der Waals surface area contributed by atoms with E-state index < -0.39 is 0 Å². The van der Waals surface area contributed by atoms with Gasteiger partial charge in [-0.1, -0.05) is 0 Å². The SMILES string of the molecule is CCNc1ccnc(C(=O)Nc2cnn(CCOC)c2)c1. The smallest absolute Gasteiger partial charge is 0.274 e. The summed E-state index contributed by atoms with van der Waals surface area (Å²) in [5.41, 5.74) is 1.86. The quantitative estimate of drug-likeness (QED) is 0.809. The molecule has 1 amide bonds. The number of amides is 1. The van der Waals surface area contributed by atoms with Crippen molar-refractivity contribution in [2.45, 2.75) is 13.5 Å². The van der Waals surface area contributed by atoms with Crippen LogP contribution in [0.1, 0.15) is 17.4 Å². The Labute approximate surface area is 123 Å². The summed E-state index contributed by atoms with van der Waals surface area (Å²) in [6, 6.07) is 3.54. The van der Waals surface area contributed by atoms with Crippen molar-refractivity contribution in [1.29, 1.82) is 0 Å². The lowest BCUT2D eigenvalue weighted by molar-refractivity contribution is 0.102. The van der Waals surface area contributed by atoms with E-state index in [1.165, 1.54) is 0 Å². The van der Waals surface area contributed by atoms with Crippen LogP contribution in [0.3, 0.4) is 0 Å². The summed E-state index contributed by atoms with van der Waals surface area (Å²) in [5.74, 6) is -0.263. The van der Waals surface area contributed by atoms with Crippen LogP contribution in [0.25, 0.3) is 0 Å². The number of hydrogen-bond acceptors (Lipinski definition) is 5. The Bertz CT molecular complexity index is 597. The third kappa shape index (κ3) is 4.28. The highest BCUT2D eigenvalue weighted by Gasteiger charge is 2.09. The number of aromatic nitrogens is 3. The predicted octanol–water partition coefficient (Wildman–Crippen LogP) is 1.61. The molecule has 2 aromatic heterocycles. The maximum Gasteiger partial charge on any atom is 0.274 e. The van der Waals surface area contributed by atoms with E-state index in [1.807, 2.05) is 13.0 Å². The van der Waals surface area contributed by atoms with Crippen molar-refractivity contribution in [2.75, 3.05) is 30.9 Å². The largest absolute Gasteiger partial charge is 0.385 e. The van der Waals surface area contributed by atoms with Crippen LogP contribution < -0.4 is 10.6 Å². The van der Waals surface area contributed by atoms with E-state index in [1.54, 1.807) is 36.4 Å². The lowest BCUT2D eigenvalue weighted by Crippen LogP contribution is -2.13. The molecule has 0 aliphatic heterocycles. The molecule has 0 saturated heterocycles. The van der Waals surface area contributed by atoms with Gasteiger partial charge in [-0.25, -0.2) is 0 Å². The average molecular weight is 289 g/mol. The minimum atomic E-state index is -0.263. The first kappa shape index (κ1) is 15.0. The summed E-state index contributed by atoms with van der Waals surface area (Å²) < 4.78 is 6.69. The van der Waals surface area contributed by atoms with Gasteiger partial charge in [0.15, 0.2) is 0 Å². The van der Waals surface area contributed by atoms with Crippen molar-refractivity contribution in [3.8, 4) is 0 Å². The van der Waals surface area contributed by atoms with Crippen LogP contribution in [0.2, 0.25) is 0 Å². The van der Waals surface area contributed by atoms with Gasteiger partial charge < -0.3 is 15.4 Å². The van der Waals surface area contributed by atoms with Gasteiger partial charge >= 0.3 is 0 Å². The molecule has 0 radical (unpaired) electrons. The fourth-order valence-corrected chi connectivity index (χ4v) is 1.80.